The lowest BCUT2D eigenvalue weighted by molar-refractivity contribution is 1.06. The molecular weight excluding hydrogens is 569 g/mol. The molecule has 9 aromatic rings. The number of fused-ring (bicyclic) bond motifs is 11. The van der Waals surface area contributed by atoms with Crippen molar-refractivity contribution in [1.29, 1.82) is 0 Å². The predicted molar refractivity (Wildman–Crippen MR) is 197 cm³/mol. The lowest BCUT2D eigenvalue weighted by Gasteiger charge is -2.20. The monoisotopic (exact) mass is 594 g/mol. The average molecular weight is 595 g/mol. The Labute approximate surface area is 262 Å². The second-order valence-electron chi connectivity index (χ2n) is 11.9. The fourth-order valence-electron chi connectivity index (χ4n) is 7.61. The summed E-state index contributed by atoms with van der Waals surface area (Å²) in [4.78, 5) is 0. The molecule has 0 N–H and O–H groups in total. The van der Waals surface area contributed by atoms with Crippen molar-refractivity contribution in [2.75, 3.05) is 0 Å². The van der Waals surface area contributed by atoms with Crippen molar-refractivity contribution in [1.82, 2.24) is 0 Å². The Kier molecular flexibility index (Phi) is 5.25. The van der Waals surface area contributed by atoms with Crippen LogP contribution in [0.2, 0.25) is 0 Å². The van der Waals surface area contributed by atoms with Crippen LogP contribution in [-0.2, 0) is 0 Å². The number of rotatable bonds is 2. The SMILES string of the molecule is C1=CCCC(c2c3ccccc3c(-c3ccc4sc5c(ccc6ccc7sc8ccccc8c7c65)c4c3)c3ccccc23)=C1. The minimum atomic E-state index is 1.08. The normalized spacial score (nSPS) is 13.8. The molecule has 2 aromatic heterocycles. The number of hydrogen-bond donors (Lipinski definition) is 0. The van der Waals surface area contributed by atoms with Crippen molar-refractivity contribution in [2.45, 2.75) is 12.8 Å². The van der Waals surface area contributed by atoms with Gasteiger partial charge >= 0.3 is 0 Å². The number of hydrogen-bond acceptors (Lipinski definition) is 2. The van der Waals surface area contributed by atoms with Crippen LogP contribution in [0.4, 0.5) is 0 Å². The van der Waals surface area contributed by atoms with E-state index in [0.717, 1.165) is 12.8 Å². The van der Waals surface area contributed by atoms with Gasteiger partial charge in [-0.3, -0.25) is 0 Å². The Balaban J connectivity index is 1.29. The van der Waals surface area contributed by atoms with Crippen LogP contribution in [0.15, 0.2) is 133 Å². The van der Waals surface area contributed by atoms with Gasteiger partial charge in [0, 0.05) is 45.7 Å². The minimum Gasteiger partial charge on any atom is -0.135 e. The van der Waals surface area contributed by atoms with Crippen LogP contribution >= 0.6 is 22.7 Å². The van der Waals surface area contributed by atoms with E-state index in [1.54, 1.807) is 0 Å². The zero-order valence-corrected chi connectivity index (χ0v) is 25.6. The first-order valence-electron chi connectivity index (χ1n) is 15.3. The summed E-state index contributed by atoms with van der Waals surface area (Å²) < 4.78 is 5.46. The molecule has 2 heterocycles. The molecular formula is C42H26S2. The maximum Gasteiger partial charge on any atom is 0.0440 e. The van der Waals surface area contributed by atoms with E-state index in [0.29, 0.717) is 0 Å². The molecule has 2 heteroatoms. The van der Waals surface area contributed by atoms with Crippen molar-refractivity contribution in [2.24, 2.45) is 0 Å². The lowest BCUT2D eigenvalue weighted by atomic mass is 9.84. The minimum absolute atomic E-state index is 1.08. The largest absolute Gasteiger partial charge is 0.135 e. The summed E-state index contributed by atoms with van der Waals surface area (Å²) in [7, 11) is 0. The van der Waals surface area contributed by atoms with Crippen molar-refractivity contribution in [3.05, 3.63) is 139 Å². The van der Waals surface area contributed by atoms with Crippen LogP contribution in [0.3, 0.4) is 0 Å². The number of benzene rings is 7. The number of allylic oxidation sites excluding steroid dienone is 4. The first-order valence-corrected chi connectivity index (χ1v) is 17.0. The van der Waals surface area contributed by atoms with Crippen molar-refractivity contribution in [3.8, 4) is 11.1 Å². The average Bonchev–Trinajstić information content (AvgIpc) is 3.65. The van der Waals surface area contributed by atoms with Crippen LogP contribution in [0.5, 0.6) is 0 Å². The van der Waals surface area contributed by atoms with Gasteiger partial charge in [0.05, 0.1) is 0 Å². The smallest absolute Gasteiger partial charge is 0.0440 e. The van der Waals surface area contributed by atoms with Crippen LogP contribution in [0.1, 0.15) is 18.4 Å². The van der Waals surface area contributed by atoms with E-state index in [-0.39, 0.29) is 0 Å². The highest BCUT2D eigenvalue weighted by molar-refractivity contribution is 7.28. The van der Waals surface area contributed by atoms with E-state index in [1.807, 2.05) is 22.7 Å². The molecule has 206 valence electrons. The third-order valence-corrected chi connectivity index (χ3v) is 11.9. The van der Waals surface area contributed by atoms with Crippen molar-refractivity contribution in [3.63, 3.8) is 0 Å². The first kappa shape index (κ1) is 24.7. The van der Waals surface area contributed by atoms with Gasteiger partial charge in [-0.2, -0.15) is 0 Å². The summed E-state index contributed by atoms with van der Waals surface area (Å²) in [6.45, 7) is 0. The maximum atomic E-state index is 2.46. The van der Waals surface area contributed by atoms with Crippen molar-refractivity contribution >= 4 is 101 Å². The molecule has 0 nitrogen and oxygen atoms in total. The van der Waals surface area contributed by atoms with Gasteiger partial charge in [-0.1, -0.05) is 109 Å². The highest BCUT2D eigenvalue weighted by atomic mass is 32.1. The highest BCUT2D eigenvalue weighted by Gasteiger charge is 2.19. The Morgan fingerprint density at radius 1 is 0.477 bits per heavy atom. The molecule has 1 aliphatic carbocycles. The molecule has 0 radical (unpaired) electrons. The summed E-state index contributed by atoms with van der Waals surface area (Å²) in [5.41, 5.74) is 5.45. The molecule has 44 heavy (non-hydrogen) atoms. The summed E-state index contributed by atoms with van der Waals surface area (Å²) in [6.07, 6.45) is 9.00. The Bertz CT molecular complexity index is 2650. The lowest BCUT2D eigenvalue weighted by Crippen LogP contribution is -1.95. The fourth-order valence-corrected chi connectivity index (χ4v) is 9.97. The van der Waals surface area contributed by atoms with E-state index in [2.05, 4.69) is 133 Å². The fraction of sp³-hybridized carbons (Fsp3) is 0.0476. The molecule has 1 aliphatic rings. The second-order valence-corrected chi connectivity index (χ2v) is 14.0. The van der Waals surface area contributed by atoms with Crippen LogP contribution in [0, 0.1) is 0 Å². The first-order chi connectivity index (χ1) is 21.8. The molecule has 0 saturated heterocycles. The molecule has 0 unspecified atom stereocenters. The Morgan fingerprint density at radius 2 is 1.14 bits per heavy atom. The van der Waals surface area contributed by atoms with Gasteiger partial charge in [0.1, 0.15) is 0 Å². The third-order valence-electron chi connectivity index (χ3n) is 9.51. The van der Waals surface area contributed by atoms with E-state index in [9.17, 15) is 0 Å². The summed E-state index contributed by atoms with van der Waals surface area (Å²) in [5, 5.41) is 13.5. The summed E-state index contributed by atoms with van der Waals surface area (Å²) in [6, 6.07) is 43.4. The van der Waals surface area contributed by atoms with E-state index < -0.39 is 0 Å². The summed E-state index contributed by atoms with van der Waals surface area (Å²) >= 11 is 3.84. The number of thiophene rings is 2. The van der Waals surface area contributed by atoms with Crippen LogP contribution in [0.25, 0.3) is 89.4 Å². The molecule has 7 aromatic carbocycles. The molecule has 0 fully saturated rings. The Morgan fingerprint density at radius 3 is 1.89 bits per heavy atom. The van der Waals surface area contributed by atoms with Gasteiger partial charge in [0.15, 0.2) is 0 Å². The van der Waals surface area contributed by atoms with Gasteiger partial charge in [-0.15, -0.1) is 22.7 Å². The standard InChI is InChI=1S/C42H26S2/c1-2-10-25(11-3-1)38-28-12-4-6-14-30(28)39(31-15-7-5-13-29(31)38)27-20-22-36-34(24-27)32-21-18-26-19-23-37-41(40(26)42(32)44-36)33-16-8-9-17-35(33)43-37/h1-2,4-10,12-24H,3,11H2. The van der Waals surface area contributed by atoms with Crippen LogP contribution in [-0.4, -0.2) is 0 Å². The van der Waals surface area contributed by atoms with E-state index >= 15 is 0 Å². The topological polar surface area (TPSA) is 0 Å². The molecule has 0 atom stereocenters. The quantitative estimate of drug-likeness (QED) is 0.175. The predicted octanol–water partition coefficient (Wildman–Crippen LogP) is 13.3. The highest BCUT2D eigenvalue weighted by Crippen LogP contribution is 2.48. The van der Waals surface area contributed by atoms with Gasteiger partial charge in [0.25, 0.3) is 0 Å². The zero-order valence-electron chi connectivity index (χ0n) is 23.9. The summed E-state index contributed by atoms with van der Waals surface area (Å²) in [5.74, 6) is 0. The van der Waals surface area contributed by atoms with Crippen LogP contribution < -0.4 is 0 Å². The molecule has 0 saturated carbocycles. The maximum absolute atomic E-state index is 2.46. The molecule has 0 spiro atoms. The zero-order chi connectivity index (χ0) is 28.8. The van der Waals surface area contributed by atoms with Gasteiger partial charge in [0.2, 0.25) is 0 Å². The molecule has 10 rings (SSSR count). The van der Waals surface area contributed by atoms with Gasteiger partial charge in [-0.05, 0) is 86.3 Å². The van der Waals surface area contributed by atoms with Crippen molar-refractivity contribution < 1.29 is 0 Å². The molecule has 0 amide bonds. The van der Waals surface area contributed by atoms with Gasteiger partial charge < -0.3 is 0 Å². The Hall–Kier alpha value is -4.76. The van der Waals surface area contributed by atoms with E-state index in [4.69, 9.17) is 0 Å². The molecule has 0 bridgehead atoms. The van der Waals surface area contributed by atoms with E-state index in [1.165, 1.54) is 94.9 Å². The van der Waals surface area contributed by atoms with Gasteiger partial charge in [-0.25, -0.2) is 0 Å². The third kappa shape index (κ3) is 3.44. The molecule has 0 aliphatic heterocycles. The second kappa shape index (κ2) is 9.37.